The molecule has 0 aliphatic carbocycles. The van der Waals surface area contributed by atoms with Crippen molar-refractivity contribution >= 4 is 6.09 Å². The van der Waals surface area contributed by atoms with E-state index >= 15 is 0 Å². The van der Waals surface area contributed by atoms with Gasteiger partial charge in [0, 0.05) is 18.4 Å². The number of nitrogens with zero attached hydrogens (tertiary/aromatic N) is 1. The van der Waals surface area contributed by atoms with Crippen molar-refractivity contribution in [2.45, 2.75) is 20.4 Å². The number of rotatable bonds is 2. The number of pyridine rings is 1. The molecule has 0 atom stereocenters. The van der Waals surface area contributed by atoms with E-state index in [4.69, 9.17) is 5.11 Å². The molecule has 1 heterocycles. The minimum absolute atomic E-state index is 0.314. The Labute approximate surface area is 76.6 Å². The fourth-order valence-corrected chi connectivity index (χ4v) is 1.08. The zero-order valence-electron chi connectivity index (χ0n) is 7.66. The Kier molecular flexibility index (Phi) is 2.84. The summed E-state index contributed by atoms with van der Waals surface area (Å²) in [6.07, 6.45) is 0.681. The Hall–Kier alpha value is -1.58. The molecule has 1 aromatic heterocycles. The lowest BCUT2D eigenvalue weighted by Crippen LogP contribution is -2.20. The molecular formula is C9H12N2O2. The Bertz CT molecular complexity index is 323. The van der Waals surface area contributed by atoms with Crippen LogP contribution >= 0.6 is 0 Å². The van der Waals surface area contributed by atoms with Crippen molar-refractivity contribution in [3.8, 4) is 0 Å². The largest absolute Gasteiger partial charge is 0.465 e. The summed E-state index contributed by atoms with van der Waals surface area (Å²) in [6.45, 7) is 4.16. The molecule has 0 bridgehead atoms. The summed E-state index contributed by atoms with van der Waals surface area (Å²) < 4.78 is 0. The van der Waals surface area contributed by atoms with Gasteiger partial charge >= 0.3 is 6.09 Å². The van der Waals surface area contributed by atoms with Crippen LogP contribution in [0.15, 0.2) is 12.3 Å². The van der Waals surface area contributed by atoms with Crippen molar-refractivity contribution in [3.05, 3.63) is 29.1 Å². The Balaban J connectivity index is 2.72. The van der Waals surface area contributed by atoms with Crippen LogP contribution in [0.2, 0.25) is 0 Å². The standard InChI is InChI=1S/C9H12N2O2/c1-6-3-7(2)10-4-8(6)5-11-9(12)13/h3-4,11H,5H2,1-2H3,(H,12,13). The van der Waals surface area contributed by atoms with Crippen LogP contribution in [-0.4, -0.2) is 16.2 Å². The Morgan fingerprint density at radius 2 is 2.31 bits per heavy atom. The normalized spacial score (nSPS) is 9.69. The van der Waals surface area contributed by atoms with Gasteiger partial charge in [-0.3, -0.25) is 4.98 Å². The van der Waals surface area contributed by atoms with Gasteiger partial charge in [-0.15, -0.1) is 0 Å². The first-order chi connectivity index (χ1) is 6.09. The molecule has 1 aromatic rings. The third kappa shape index (κ3) is 2.74. The Morgan fingerprint density at radius 1 is 1.62 bits per heavy atom. The average Bonchev–Trinajstić information content (AvgIpc) is 2.02. The number of hydrogen-bond donors (Lipinski definition) is 2. The lowest BCUT2D eigenvalue weighted by molar-refractivity contribution is 0.194. The van der Waals surface area contributed by atoms with Crippen LogP contribution in [0.5, 0.6) is 0 Å². The molecule has 0 spiro atoms. The number of carboxylic acid groups (broad SMARTS) is 1. The molecular weight excluding hydrogens is 168 g/mol. The van der Waals surface area contributed by atoms with Crippen LogP contribution < -0.4 is 5.32 Å². The molecule has 0 saturated carbocycles. The highest BCUT2D eigenvalue weighted by atomic mass is 16.4. The summed E-state index contributed by atoms with van der Waals surface area (Å²) in [5.41, 5.74) is 2.91. The summed E-state index contributed by atoms with van der Waals surface area (Å²) in [4.78, 5) is 14.3. The number of aryl methyl sites for hydroxylation is 2. The fourth-order valence-electron chi connectivity index (χ4n) is 1.08. The van der Waals surface area contributed by atoms with Crippen LogP contribution in [0.25, 0.3) is 0 Å². The van der Waals surface area contributed by atoms with Crippen molar-refractivity contribution < 1.29 is 9.90 Å². The van der Waals surface area contributed by atoms with E-state index in [1.807, 2.05) is 19.9 Å². The van der Waals surface area contributed by atoms with E-state index in [2.05, 4.69) is 10.3 Å². The van der Waals surface area contributed by atoms with E-state index in [1.54, 1.807) is 6.20 Å². The van der Waals surface area contributed by atoms with Gasteiger partial charge in [0.1, 0.15) is 0 Å². The number of hydrogen-bond acceptors (Lipinski definition) is 2. The highest BCUT2D eigenvalue weighted by Gasteiger charge is 2.00. The summed E-state index contributed by atoms with van der Waals surface area (Å²) in [5, 5.41) is 10.7. The first-order valence-electron chi connectivity index (χ1n) is 3.98. The van der Waals surface area contributed by atoms with Crippen LogP contribution in [0.1, 0.15) is 16.8 Å². The molecule has 1 rings (SSSR count). The van der Waals surface area contributed by atoms with Crippen molar-refractivity contribution in [1.82, 2.24) is 10.3 Å². The molecule has 0 aliphatic heterocycles. The van der Waals surface area contributed by atoms with Crippen LogP contribution in [0, 0.1) is 13.8 Å². The van der Waals surface area contributed by atoms with Gasteiger partial charge in [0.05, 0.1) is 0 Å². The second kappa shape index (κ2) is 3.89. The molecule has 2 N–H and O–H groups in total. The SMILES string of the molecule is Cc1cc(C)c(CNC(=O)O)cn1. The van der Waals surface area contributed by atoms with E-state index in [1.165, 1.54) is 0 Å². The smallest absolute Gasteiger partial charge is 0.404 e. The molecule has 0 aliphatic rings. The lowest BCUT2D eigenvalue weighted by Gasteiger charge is -2.05. The molecule has 0 aromatic carbocycles. The highest BCUT2D eigenvalue weighted by molar-refractivity contribution is 5.64. The molecule has 0 radical (unpaired) electrons. The molecule has 4 nitrogen and oxygen atoms in total. The second-order valence-electron chi connectivity index (χ2n) is 2.91. The van der Waals surface area contributed by atoms with Gasteiger partial charge in [-0.25, -0.2) is 4.79 Å². The predicted molar refractivity (Wildman–Crippen MR) is 48.6 cm³/mol. The average molecular weight is 180 g/mol. The molecule has 0 fully saturated rings. The van der Waals surface area contributed by atoms with Gasteiger partial charge < -0.3 is 10.4 Å². The zero-order chi connectivity index (χ0) is 9.84. The van der Waals surface area contributed by atoms with Gasteiger partial charge in [0.15, 0.2) is 0 Å². The van der Waals surface area contributed by atoms with Gasteiger partial charge in [0.2, 0.25) is 0 Å². The van der Waals surface area contributed by atoms with Crippen LogP contribution in [-0.2, 0) is 6.54 Å². The van der Waals surface area contributed by atoms with E-state index in [0.29, 0.717) is 6.54 Å². The van der Waals surface area contributed by atoms with Gasteiger partial charge in [-0.2, -0.15) is 0 Å². The van der Waals surface area contributed by atoms with E-state index in [9.17, 15) is 4.79 Å². The second-order valence-corrected chi connectivity index (χ2v) is 2.91. The predicted octanol–water partition coefficient (Wildman–Crippen LogP) is 1.47. The molecule has 0 unspecified atom stereocenters. The number of amides is 1. The summed E-state index contributed by atoms with van der Waals surface area (Å²) in [7, 11) is 0. The van der Waals surface area contributed by atoms with E-state index in [0.717, 1.165) is 16.8 Å². The highest BCUT2D eigenvalue weighted by Crippen LogP contribution is 2.06. The van der Waals surface area contributed by atoms with E-state index < -0.39 is 6.09 Å². The first-order valence-corrected chi connectivity index (χ1v) is 3.98. The zero-order valence-corrected chi connectivity index (χ0v) is 7.66. The molecule has 70 valence electrons. The maximum atomic E-state index is 10.2. The quantitative estimate of drug-likeness (QED) is 0.724. The minimum atomic E-state index is -1.01. The van der Waals surface area contributed by atoms with Gasteiger partial charge in [-0.05, 0) is 31.0 Å². The molecule has 4 heteroatoms. The first kappa shape index (κ1) is 9.51. The summed E-state index contributed by atoms with van der Waals surface area (Å²) >= 11 is 0. The van der Waals surface area contributed by atoms with E-state index in [-0.39, 0.29) is 0 Å². The monoisotopic (exact) mass is 180 g/mol. The minimum Gasteiger partial charge on any atom is -0.465 e. The molecule has 1 amide bonds. The van der Waals surface area contributed by atoms with Crippen molar-refractivity contribution in [2.75, 3.05) is 0 Å². The maximum Gasteiger partial charge on any atom is 0.404 e. The summed E-state index contributed by atoms with van der Waals surface area (Å²) in [5.74, 6) is 0. The number of carbonyl (C=O) groups is 1. The lowest BCUT2D eigenvalue weighted by atomic mass is 10.1. The molecule has 0 saturated heterocycles. The van der Waals surface area contributed by atoms with Crippen molar-refractivity contribution in [2.24, 2.45) is 0 Å². The summed E-state index contributed by atoms with van der Waals surface area (Å²) in [6, 6.07) is 1.93. The van der Waals surface area contributed by atoms with Crippen LogP contribution in [0.4, 0.5) is 4.79 Å². The van der Waals surface area contributed by atoms with Crippen molar-refractivity contribution in [1.29, 1.82) is 0 Å². The molecule has 13 heavy (non-hydrogen) atoms. The van der Waals surface area contributed by atoms with Gasteiger partial charge in [0.25, 0.3) is 0 Å². The fraction of sp³-hybridized carbons (Fsp3) is 0.333. The maximum absolute atomic E-state index is 10.2. The Morgan fingerprint density at radius 3 is 2.85 bits per heavy atom. The number of nitrogens with one attached hydrogen (secondary N) is 1. The number of aromatic nitrogens is 1. The van der Waals surface area contributed by atoms with Crippen LogP contribution in [0.3, 0.4) is 0 Å². The third-order valence-electron chi connectivity index (χ3n) is 1.79. The third-order valence-corrected chi connectivity index (χ3v) is 1.79. The van der Waals surface area contributed by atoms with Gasteiger partial charge in [-0.1, -0.05) is 0 Å². The van der Waals surface area contributed by atoms with Crippen molar-refractivity contribution in [3.63, 3.8) is 0 Å². The topological polar surface area (TPSA) is 62.2 Å².